The van der Waals surface area contributed by atoms with Crippen LogP contribution >= 0.6 is 0 Å². The zero-order valence-corrected chi connectivity index (χ0v) is 7.64. The van der Waals surface area contributed by atoms with Crippen molar-refractivity contribution >= 4 is 0 Å². The van der Waals surface area contributed by atoms with Gasteiger partial charge in [-0.05, 0) is 31.7 Å². The van der Waals surface area contributed by atoms with Crippen LogP contribution in [0.3, 0.4) is 0 Å². The Labute approximate surface area is 69.9 Å². The molecule has 3 unspecified atom stereocenters. The Morgan fingerprint density at radius 2 is 2.27 bits per heavy atom. The van der Waals surface area contributed by atoms with Crippen molar-refractivity contribution in [2.45, 2.75) is 32.2 Å². The molecule has 0 heterocycles. The van der Waals surface area contributed by atoms with Gasteiger partial charge in [0.2, 0.25) is 0 Å². The van der Waals surface area contributed by atoms with E-state index in [1.807, 2.05) is 13.1 Å². The molecule has 0 saturated heterocycles. The van der Waals surface area contributed by atoms with Crippen LogP contribution < -0.4 is 5.32 Å². The first-order valence-corrected chi connectivity index (χ1v) is 4.57. The second kappa shape index (κ2) is 3.91. The van der Waals surface area contributed by atoms with Crippen LogP contribution in [0.15, 0.2) is 12.7 Å². The maximum atomic E-state index is 3.84. The highest BCUT2D eigenvalue weighted by atomic mass is 14.9. The molecule has 3 atom stereocenters. The summed E-state index contributed by atoms with van der Waals surface area (Å²) in [5.41, 5.74) is 0. The van der Waals surface area contributed by atoms with Crippen LogP contribution in [0.1, 0.15) is 26.2 Å². The summed E-state index contributed by atoms with van der Waals surface area (Å²) in [7, 11) is 2.02. The van der Waals surface area contributed by atoms with Crippen LogP contribution in [0.2, 0.25) is 0 Å². The molecule has 1 fully saturated rings. The Morgan fingerprint density at radius 3 is 2.64 bits per heavy atom. The second-order valence-corrected chi connectivity index (χ2v) is 3.73. The number of nitrogens with one attached hydrogen (secondary N) is 1. The molecule has 0 aromatic heterocycles. The van der Waals surface area contributed by atoms with E-state index in [1.54, 1.807) is 0 Å². The van der Waals surface area contributed by atoms with Gasteiger partial charge in [0.25, 0.3) is 0 Å². The molecule has 0 amide bonds. The van der Waals surface area contributed by atoms with Gasteiger partial charge < -0.3 is 5.32 Å². The average molecular weight is 153 g/mol. The Morgan fingerprint density at radius 1 is 1.55 bits per heavy atom. The van der Waals surface area contributed by atoms with E-state index >= 15 is 0 Å². The lowest BCUT2D eigenvalue weighted by atomic mass is 9.97. The van der Waals surface area contributed by atoms with E-state index < -0.39 is 0 Å². The molecular weight excluding hydrogens is 134 g/mol. The van der Waals surface area contributed by atoms with Crippen LogP contribution in [0.5, 0.6) is 0 Å². The third-order valence-electron chi connectivity index (χ3n) is 2.83. The average Bonchev–Trinajstić information content (AvgIpc) is 2.39. The largest absolute Gasteiger partial charge is 0.313 e. The van der Waals surface area contributed by atoms with Crippen molar-refractivity contribution in [2.24, 2.45) is 11.8 Å². The van der Waals surface area contributed by atoms with Crippen LogP contribution in [-0.2, 0) is 0 Å². The monoisotopic (exact) mass is 153 g/mol. The van der Waals surface area contributed by atoms with Crippen molar-refractivity contribution in [3.8, 4) is 0 Å². The first kappa shape index (κ1) is 8.79. The number of hydrogen-bond acceptors (Lipinski definition) is 1. The summed E-state index contributed by atoms with van der Waals surface area (Å²) >= 11 is 0. The van der Waals surface area contributed by atoms with Gasteiger partial charge in [-0.3, -0.25) is 0 Å². The van der Waals surface area contributed by atoms with E-state index in [1.165, 1.54) is 19.3 Å². The van der Waals surface area contributed by atoms with Crippen molar-refractivity contribution in [1.82, 2.24) is 5.32 Å². The Bertz CT molecular complexity index is 131. The molecule has 0 aromatic rings. The third-order valence-corrected chi connectivity index (χ3v) is 2.83. The van der Waals surface area contributed by atoms with Gasteiger partial charge in [-0.1, -0.05) is 19.4 Å². The summed E-state index contributed by atoms with van der Waals surface area (Å²) in [6.45, 7) is 6.18. The van der Waals surface area contributed by atoms with Gasteiger partial charge >= 0.3 is 0 Å². The molecule has 64 valence electrons. The predicted molar refractivity (Wildman–Crippen MR) is 49.5 cm³/mol. The predicted octanol–water partition coefficient (Wildman–Crippen LogP) is 2.20. The zero-order chi connectivity index (χ0) is 8.27. The van der Waals surface area contributed by atoms with E-state index in [0.717, 1.165) is 11.8 Å². The van der Waals surface area contributed by atoms with Gasteiger partial charge in [0.05, 0.1) is 0 Å². The molecule has 0 aliphatic heterocycles. The highest BCUT2D eigenvalue weighted by molar-refractivity contribution is 4.93. The number of hydrogen-bond donors (Lipinski definition) is 1. The molecular formula is C10H19N. The summed E-state index contributed by atoms with van der Waals surface area (Å²) in [4.78, 5) is 0. The fraction of sp³-hybridized carbons (Fsp3) is 0.800. The van der Waals surface area contributed by atoms with Crippen LogP contribution in [0, 0.1) is 11.8 Å². The normalized spacial score (nSPS) is 33.6. The minimum absolute atomic E-state index is 0.542. The Balaban J connectivity index is 2.40. The van der Waals surface area contributed by atoms with Gasteiger partial charge in [-0.25, -0.2) is 0 Å². The molecule has 1 N–H and O–H groups in total. The summed E-state index contributed by atoms with van der Waals surface area (Å²) < 4.78 is 0. The SMILES string of the molecule is C=CC(NC)C1CCC(C)C1. The molecule has 1 rings (SSSR count). The molecule has 0 spiro atoms. The lowest BCUT2D eigenvalue weighted by molar-refractivity contribution is 0.424. The van der Waals surface area contributed by atoms with E-state index in [9.17, 15) is 0 Å². The molecule has 1 aliphatic carbocycles. The molecule has 0 aromatic carbocycles. The van der Waals surface area contributed by atoms with Crippen molar-refractivity contribution in [2.75, 3.05) is 7.05 Å². The maximum absolute atomic E-state index is 3.84. The standard InChI is InChI=1S/C10H19N/c1-4-10(11-3)9-6-5-8(2)7-9/h4,8-11H,1,5-7H2,2-3H3. The van der Waals surface area contributed by atoms with Gasteiger partial charge in [0, 0.05) is 6.04 Å². The lowest BCUT2D eigenvalue weighted by Crippen LogP contribution is -2.29. The smallest absolute Gasteiger partial charge is 0.0273 e. The molecule has 0 bridgehead atoms. The Kier molecular flexibility index (Phi) is 3.13. The fourth-order valence-corrected chi connectivity index (χ4v) is 2.12. The molecule has 1 saturated carbocycles. The number of likely N-dealkylation sites (N-methyl/N-ethyl adjacent to an activating group) is 1. The third kappa shape index (κ3) is 2.06. The zero-order valence-electron chi connectivity index (χ0n) is 7.64. The molecule has 1 nitrogen and oxygen atoms in total. The van der Waals surface area contributed by atoms with Gasteiger partial charge in [-0.2, -0.15) is 0 Å². The van der Waals surface area contributed by atoms with Crippen molar-refractivity contribution in [1.29, 1.82) is 0 Å². The molecule has 0 radical (unpaired) electrons. The molecule has 11 heavy (non-hydrogen) atoms. The first-order chi connectivity index (χ1) is 5.27. The fourth-order valence-electron chi connectivity index (χ4n) is 2.12. The van der Waals surface area contributed by atoms with E-state index in [0.29, 0.717) is 6.04 Å². The molecule has 1 heteroatoms. The summed E-state index contributed by atoms with van der Waals surface area (Å²) in [5.74, 6) is 1.77. The minimum Gasteiger partial charge on any atom is -0.313 e. The number of rotatable bonds is 3. The Hall–Kier alpha value is -0.300. The van der Waals surface area contributed by atoms with Crippen molar-refractivity contribution in [3.63, 3.8) is 0 Å². The maximum Gasteiger partial charge on any atom is 0.0273 e. The van der Waals surface area contributed by atoms with Gasteiger partial charge in [0.15, 0.2) is 0 Å². The van der Waals surface area contributed by atoms with E-state index in [-0.39, 0.29) is 0 Å². The summed E-state index contributed by atoms with van der Waals surface area (Å²) in [6.07, 6.45) is 6.19. The van der Waals surface area contributed by atoms with Gasteiger partial charge in [-0.15, -0.1) is 6.58 Å². The molecule has 1 aliphatic rings. The highest BCUT2D eigenvalue weighted by Crippen LogP contribution is 2.32. The highest BCUT2D eigenvalue weighted by Gasteiger charge is 2.25. The van der Waals surface area contributed by atoms with Gasteiger partial charge in [0.1, 0.15) is 0 Å². The first-order valence-electron chi connectivity index (χ1n) is 4.57. The minimum atomic E-state index is 0.542. The van der Waals surface area contributed by atoms with Crippen LogP contribution in [0.4, 0.5) is 0 Å². The van der Waals surface area contributed by atoms with Crippen molar-refractivity contribution < 1.29 is 0 Å². The van der Waals surface area contributed by atoms with E-state index in [2.05, 4.69) is 18.8 Å². The summed E-state index contributed by atoms with van der Waals surface area (Å²) in [6, 6.07) is 0.542. The lowest BCUT2D eigenvalue weighted by Gasteiger charge is -2.18. The summed E-state index contributed by atoms with van der Waals surface area (Å²) in [5, 5.41) is 3.30. The quantitative estimate of drug-likeness (QED) is 0.613. The second-order valence-electron chi connectivity index (χ2n) is 3.73. The van der Waals surface area contributed by atoms with Crippen molar-refractivity contribution in [3.05, 3.63) is 12.7 Å². The topological polar surface area (TPSA) is 12.0 Å². The van der Waals surface area contributed by atoms with E-state index in [4.69, 9.17) is 0 Å². The van der Waals surface area contributed by atoms with Crippen LogP contribution in [-0.4, -0.2) is 13.1 Å². The van der Waals surface area contributed by atoms with Crippen LogP contribution in [0.25, 0.3) is 0 Å².